The topological polar surface area (TPSA) is 84.2 Å². The molecular formula is C28H24F6O7. The Bertz CT molecular complexity index is 1360. The molecule has 1 aliphatic carbocycles. The first-order chi connectivity index (χ1) is 19.3. The lowest BCUT2D eigenvalue weighted by Crippen LogP contribution is -2.54. The summed E-state index contributed by atoms with van der Waals surface area (Å²) < 4.78 is 112. The number of hydrogen-bond donors (Lipinski definition) is 0. The number of rotatable bonds is 8. The molecule has 7 nitrogen and oxygen atoms in total. The van der Waals surface area contributed by atoms with Gasteiger partial charge in [-0.1, -0.05) is 60.7 Å². The van der Waals surface area contributed by atoms with Crippen LogP contribution in [-0.4, -0.2) is 44.6 Å². The zero-order valence-corrected chi connectivity index (χ0v) is 21.6. The summed E-state index contributed by atoms with van der Waals surface area (Å²) in [5.74, 6) is -3.62. The molecule has 0 spiro atoms. The molecule has 0 saturated heterocycles. The number of halogens is 6. The first-order valence-corrected chi connectivity index (χ1v) is 12.2. The molecule has 13 heteroatoms. The molecule has 4 atom stereocenters. The molecule has 0 amide bonds. The van der Waals surface area contributed by atoms with Crippen molar-refractivity contribution in [3.05, 3.63) is 95.4 Å². The van der Waals surface area contributed by atoms with Crippen molar-refractivity contribution in [3.8, 4) is 0 Å². The van der Waals surface area contributed by atoms with Crippen molar-refractivity contribution < 1.29 is 59.3 Å². The van der Waals surface area contributed by atoms with E-state index < -0.39 is 58.8 Å². The lowest BCUT2D eigenvalue weighted by Gasteiger charge is -2.38. The second kappa shape index (κ2) is 11.2. The molecule has 41 heavy (non-hydrogen) atoms. The summed E-state index contributed by atoms with van der Waals surface area (Å²) in [5, 5.41) is 0. The normalized spacial score (nSPS) is 20.3. The summed E-state index contributed by atoms with van der Waals surface area (Å²) in [7, 11) is 1.34. The van der Waals surface area contributed by atoms with Crippen LogP contribution in [0.4, 0.5) is 26.3 Å². The molecule has 4 rings (SSSR count). The highest BCUT2D eigenvalue weighted by atomic mass is 19.4. The molecule has 1 heterocycles. The number of methoxy groups -OCH3 is 2. The predicted octanol–water partition coefficient (Wildman–Crippen LogP) is 5.93. The first kappa shape index (κ1) is 30.1. The van der Waals surface area contributed by atoms with Crippen molar-refractivity contribution in [2.24, 2.45) is 0 Å². The summed E-state index contributed by atoms with van der Waals surface area (Å²) in [6, 6.07) is 13.2. The van der Waals surface area contributed by atoms with Crippen molar-refractivity contribution in [2.75, 3.05) is 14.2 Å². The van der Waals surface area contributed by atoms with Crippen LogP contribution in [0.5, 0.6) is 0 Å². The van der Waals surface area contributed by atoms with Crippen LogP contribution in [0.25, 0.3) is 0 Å². The second-order valence-electron chi connectivity index (χ2n) is 9.11. The van der Waals surface area contributed by atoms with E-state index in [9.17, 15) is 35.9 Å². The van der Waals surface area contributed by atoms with E-state index in [2.05, 4.69) is 0 Å². The summed E-state index contributed by atoms with van der Waals surface area (Å²) in [6.07, 6.45) is -13.1. The molecule has 0 bridgehead atoms. The fraction of sp³-hybridized carbons (Fsp3) is 0.357. The SMILES string of the molecule is CO[C@@](C(=O)O[C@@H]1CCc2occc2[C@@H]1OC(=O)[C@](OC)(c1ccccc1)C(F)(F)F)(c1ccccc1)C(F)(F)F. The average molecular weight is 586 g/mol. The molecule has 0 fully saturated rings. The standard InChI is InChI=1S/C28H24F6O7/c1-37-25(27(29,30)31,17-9-5-3-6-10-17)23(35)40-21-14-13-20-19(15-16-39-20)22(21)41-24(36)26(38-2,28(32,33)34)18-11-7-4-8-12-18/h3-12,15-16,21-22H,13-14H2,1-2H3/t21-,22+,25-,26-/m1/s1. The summed E-state index contributed by atoms with van der Waals surface area (Å²) in [5.41, 5.74) is -8.34. The van der Waals surface area contributed by atoms with Gasteiger partial charge in [-0.15, -0.1) is 0 Å². The Morgan fingerprint density at radius 3 is 1.63 bits per heavy atom. The van der Waals surface area contributed by atoms with E-state index in [1.807, 2.05) is 0 Å². The fourth-order valence-corrected chi connectivity index (χ4v) is 4.89. The Kier molecular flexibility index (Phi) is 8.23. The molecule has 0 N–H and O–H groups in total. The van der Waals surface area contributed by atoms with Crippen LogP contribution in [0.2, 0.25) is 0 Å². The third-order valence-corrected chi connectivity index (χ3v) is 6.92. The van der Waals surface area contributed by atoms with Gasteiger partial charge in [-0.2, -0.15) is 26.3 Å². The summed E-state index contributed by atoms with van der Waals surface area (Å²) in [4.78, 5) is 26.7. The van der Waals surface area contributed by atoms with E-state index in [-0.39, 0.29) is 24.2 Å². The van der Waals surface area contributed by atoms with Crippen molar-refractivity contribution in [2.45, 2.75) is 48.6 Å². The van der Waals surface area contributed by atoms with Crippen LogP contribution in [0, 0.1) is 0 Å². The van der Waals surface area contributed by atoms with Crippen molar-refractivity contribution in [1.29, 1.82) is 0 Å². The van der Waals surface area contributed by atoms with Crippen LogP contribution < -0.4 is 0 Å². The average Bonchev–Trinajstić information content (AvgIpc) is 3.40. The molecular weight excluding hydrogens is 562 g/mol. The molecule has 0 aliphatic heterocycles. The highest BCUT2D eigenvalue weighted by Crippen LogP contribution is 2.47. The molecule has 2 aromatic carbocycles. The third kappa shape index (κ3) is 5.08. The van der Waals surface area contributed by atoms with Crippen LogP contribution in [0.1, 0.15) is 35.0 Å². The maximum Gasteiger partial charge on any atom is 0.432 e. The molecule has 0 saturated carbocycles. The van der Waals surface area contributed by atoms with E-state index in [1.54, 1.807) is 0 Å². The number of hydrogen-bond acceptors (Lipinski definition) is 7. The smallest absolute Gasteiger partial charge is 0.432 e. The Morgan fingerprint density at radius 2 is 1.20 bits per heavy atom. The maximum atomic E-state index is 14.5. The minimum absolute atomic E-state index is 0.0253. The number of benzene rings is 2. The minimum Gasteiger partial charge on any atom is -0.469 e. The number of alkyl halides is 6. The van der Waals surface area contributed by atoms with E-state index in [4.69, 9.17) is 23.4 Å². The lowest BCUT2D eigenvalue weighted by molar-refractivity contribution is -0.286. The van der Waals surface area contributed by atoms with Gasteiger partial charge < -0.3 is 23.4 Å². The summed E-state index contributed by atoms with van der Waals surface area (Å²) >= 11 is 0. The summed E-state index contributed by atoms with van der Waals surface area (Å²) in [6.45, 7) is 0. The molecule has 0 unspecified atom stereocenters. The van der Waals surface area contributed by atoms with Gasteiger partial charge in [0.25, 0.3) is 11.2 Å². The molecule has 220 valence electrons. The fourth-order valence-electron chi connectivity index (χ4n) is 4.89. The highest BCUT2D eigenvalue weighted by Gasteiger charge is 2.66. The molecule has 3 aromatic rings. The molecule has 0 radical (unpaired) electrons. The maximum absolute atomic E-state index is 14.5. The van der Waals surface area contributed by atoms with E-state index in [1.165, 1.54) is 48.7 Å². The lowest BCUT2D eigenvalue weighted by atomic mass is 9.89. The van der Waals surface area contributed by atoms with Crippen molar-refractivity contribution >= 4 is 11.9 Å². The highest BCUT2D eigenvalue weighted by molar-refractivity contribution is 5.84. The Balaban J connectivity index is 1.74. The van der Waals surface area contributed by atoms with Crippen LogP contribution in [-0.2, 0) is 46.2 Å². The number of furan rings is 1. The minimum atomic E-state index is -5.32. The number of esters is 2. The van der Waals surface area contributed by atoms with Gasteiger partial charge in [0.1, 0.15) is 11.9 Å². The van der Waals surface area contributed by atoms with Crippen LogP contribution in [0.15, 0.2) is 77.4 Å². The van der Waals surface area contributed by atoms with Crippen LogP contribution in [0.3, 0.4) is 0 Å². The van der Waals surface area contributed by atoms with Gasteiger partial charge in [0.15, 0.2) is 6.10 Å². The van der Waals surface area contributed by atoms with Gasteiger partial charge in [-0.25, -0.2) is 9.59 Å². The van der Waals surface area contributed by atoms with Crippen molar-refractivity contribution in [3.63, 3.8) is 0 Å². The van der Waals surface area contributed by atoms with Gasteiger partial charge in [-0.3, -0.25) is 0 Å². The largest absolute Gasteiger partial charge is 0.469 e. The Labute approximate surface area is 229 Å². The first-order valence-electron chi connectivity index (χ1n) is 12.2. The van der Waals surface area contributed by atoms with Gasteiger partial charge in [0, 0.05) is 37.3 Å². The monoisotopic (exact) mass is 586 g/mol. The number of carbonyl (C=O) groups excluding carboxylic acids is 2. The molecule has 1 aliphatic rings. The van der Waals surface area contributed by atoms with Crippen LogP contribution >= 0.6 is 0 Å². The van der Waals surface area contributed by atoms with Gasteiger partial charge >= 0.3 is 24.3 Å². The van der Waals surface area contributed by atoms with Gasteiger partial charge in [0.2, 0.25) is 0 Å². The third-order valence-electron chi connectivity index (χ3n) is 6.92. The van der Waals surface area contributed by atoms with Crippen molar-refractivity contribution in [1.82, 2.24) is 0 Å². The number of aryl methyl sites for hydroxylation is 1. The Morgan fingerprint density at radius 1 is 0.732 bits per heavy atom. The van der Waals surface area contributed by atoms with E-state index in [0.29, 0.717) is 14.2 Å². The zero-order chi connectivity index (χ0) is 30.1. The number of fused-ring (bicyclic) bond motifs is 1. The van der Waals surface area contributed by atoms with E-state index in [0.717, 1.165) is 24.3 Å². The van der Waals surface area contributed by atoms with Gasteiger partial charge in [0.05, 0.1) is 6.26 Å². The number of ether oxygens (including phenoxy) is 4. The van der Waals surface area contributed by atoms with E-state index >= 15 is 0 Å². The molecule has 1 aromatic heterocycles. The second-order valence-corrected chi connectivity index (χ2v) is 9.11. The zero-order valence-electron chi connectivity index (χ0n) is 21.6. The number of carbonyl (C=O) groups is 2. The van der Waals surface area contributed by atoms with Gasteiger partial charge in [-0.05, 0) is 12.5 Å². The quantitative estimate of drug-likeness (QED) is 0.239. The predicted molar refractivity (Wildman–Crippen MR) is 128 cm³/mol. The Hall–Kier alpha value is -3.84.